The van der Waals surface area contributed by atoms with Gasteiger partial charge in [0.1, 0.15) is 5.82 Å². The van der Waals surface area contributed by atoms with Gasteiger partial charge in [-0.2, -0.15) is 5.10 Å². The molecule has 0 unspecified atom stereocenters. The minimum Gasteiger partial charge on any atom is -0.282 e. The Morgan fingerprint density at radius 2 is 1.70 bits per heavy atom. The van der Waals surface area contributed by atoms with E-state index in [2.05, 4.69) is 14.9 Å². The summed E-state index contributed by atoms with van der Waals surface area (Å²) in [6, 6.07) is 13.4. The lowest BCUT2D eigenvalue weighted by molar-refractivity contribution is 0.599. The molecule has 0 radical (unpaired) electrons. The van der Waals surface area contributed by atoms with Crippen molar-refractivity contribution in [3.8, 4) is 11.3 Å². The number of H-pyrrole nitrogens is 1. The SMILES string of the molecule is Cc1cc(-c2ccc(NS(=O)(=O)c3ccc(F)cc3)cc2)n[nH]1. The first-order chi connectivity index (χ1) is 10.9. The summed E-state index contributed by atoms with van der Waals surface area (Å²) < 4.78 is 39.8. The highest BCUT2D eigenvalue weighted by molar-refractivity contribution is 7.92. The molecule has 0 amide bonds. The van der Waals surface area contributed by atoms with E-state index in [1.165, 1.54) is 12.1 Å². The predicted octanol–water partition coefficient (Wildman–Crippen LogP) is 3.33. The Balaban J connectivity index is 1.81. The zero-order chi connectivity index (χ0) is 16.4. The van der Waals surface area contributed by atoms with Gasteiger partial charge in [-0.05, 0) is 49.4 Å². The van der Waals surface area contributed by atoms with Crippen LogP contribution in [0.3, 0.4) is 0 Å². The Bertz CT molecular complexity index is 917. The topological polar surface area (TPSA) is 74.8 Å². The van der Waals surface area contributed by atoms with Crippen LogP contribution in [0.25, 0.3) is 11.3 Å². The van der Waals surface area contributed by atoms with Crippen LogP contribution in [-0.2, 0) is 10.0 Å². The summed E-state index contributed by atoms with van der Waals surface area (Å²) in [5, 5.41) is 7.00. The highest BCUT2D eigenvalue weighted by Crippen LogP contribution is 2.22. The van der Waals surface area contributed by atoms with Gasteiger partial charge >= 0.3 is 0 Å². The monoisotopic (exact) mass is 331 g/mol. The van der Waals surface area contributed by atoms with E-state index in [0.717, 1.165) is 29.1 Å². The molecule has 0 aliphatic carbocycles. The van der Waals surface area contributed by atoms with Gasteiger partial charge in [0, 0.05) is 16.9 Å². The Morgan fingerprint density at radius 1 is 1.04 bits per heavy atom. The number of halogens is 1. The van der Waals surface area contributed by atoms with E-state index < -0.39 is 15.8 Å². The van der Waals surface area contributed by atoms with Crippen LogP contribution in [0.5, 0.6) is 0 Å². The maximum atomic E-state index is 12.9. The molecule has 118 valence electrons. The number of aromatic nitrogens is 2. The number of benzene rings is 2. The standard InChI is InChI=1S/C16H14FN3O2S/c1-11-10-16(19-18-11)12-2-6-14(7-3-12)20-23(21,22)15-8-4-13(17)5-9-15/h2-10,20H,1H3,(H,18,19). The van der Waals surface area contributed by atoms with Crippen LogP contribution in [-0.4, -0.2) is 18.6 Å². The largest absolute Gasteiger partial charge is 0.282 e. The average molecular weight is 331 g/mol. The first-order valence-electron chi connectivity index (χ1n) is 6.85. The molecule has 0 spiro atoms. The molecule has 1 aromatic heterocycles. The second-order valence-corrected chi connectivity index (χ2v) is 6.76. The van der Waals surface area contributed by atoms with E-state index in [4.69, 9.17) is 0 Å². The summed E-state index contributed by atoms with van der Waals surface area (Å²) in [5.74, 6) is -0.484. The van der Waals surface area contributed by atoms with Gasteiger partial charge in [-0.25, -0.2) is 12.8 Å². The van der Waals surface area contributed by atoms with Crippen molar-refractivity contribution >= 4 is 15.7 Å². The van der Waals surface area contributed by atoms with Crippen LogP contribution >= 0.6 is 0 Å². The number of nitrogens with zero attached hydrogens (tertiary/aromatic N) is 1. The van der Waals surface area contributed by atoms with Crippen molar-refractivity contribution in [3.05, 3.63) is 66.1 Å². The number of hydrogen-bond acceptors (Lipinski definition) is 3. The number of aryl methyl sites for hydroxylation is 1. The minimum atomic E-state index is -3.74. The van der Waals surface area contributed by atoms with E-state index >= 15 is 0 Å². The second-order valence-electron chi connectivity index (χ2n) is 5.07. The Kier molecular flexibility index (Phi) is 3.87. The average Bonchev–Trinajstić information content (AvgIpc) is 2.95. The smallest absolute Gasteiger partial charge is 0.261 e. The van der Waals surface area contributed by atoms with Crippen molar-refractivity contribution < 1.29 is 12.8 Å². The highest BCUT2D eigenvalue weighted by Gasteiger charge is 2.14. The summed E-state index contributed by atoms with van der Waals surface area (Å²) in [5.41, 5.74) is 3.03. The first-order valence-corrected chi connectivity index (χ1v) is 8.33. The molecule has 2 aromatic carbocycles. The summed E-state index contributed by atoms with van der Waals surface area (Å²) in [4.78, 5) is 0.00547. The van der Waals surface area contributed by atoms with Crippen LogP contribution in [0.1, 0.15) is 5.69 Å². The Morgan fingerprint density at radius 3 is 2.26 bits per heavy atom. The second kappa shape index (κ2) is 5.85. The normalized spacial score (nSPS) is 11.4. The molecule has 0 saturated carbocycles. The molecule has 23 heavy (non-hydrogen) atoms. The van der Waals surface area contributed by atoms with Crippen LogP contribution in [0.15, 0.2) is 59.5 Å². The fourth-order valence-electron chi connectivity index (χ4n) is 2.10. The summed E-state index contributed by atoms with van der Waals surface area (Å²) in [7, 11) is -3.74. The highest BCUT2D eigenvalue weighted by atomic mass is 32.2. The van der Waals surface area contributed by atoms with E-state index in [1.54, 1.807) is 24.3 Å². The van der Waals surface area contributed by atoms with Crippen molar-refractivity contribution in [2.45, 2.75) is 11.8 Å². The minimum absolute atomic E-state index is 0.00547. The maximum Gasteiger partial charge on any atom is 0.261 e. The molecular weight excluding hydrogens is 317 g/mol. The van der Waals surface area contributed by atoms with Crippen LogP contribution in [0, 0.1) is 12.7 Å². The molecule has 5 nitrogen and oxygen atoms in total. The van der Waals surface area contributed by atoms with Gasteiger partial charge in [0.25, 0.3) is 10.0 Å². The van der Waals surface area contributed by atoms with Crippen LogP contribution in [0.2, 0.25) is 0 Å². The molecule has 0 saturated heterocycles. The third-order valence-corrected chi connectivity index (χ3v) is 4.66. The number of aromatic amines is 1. The molecule has 2 N–H and O–H groups in total. The van der Waals surface area contributed by atoms with Gasteiger partial charge < -0.3 is 0 Å². The molecule has 0 bridgehead atoms. The van der Waals surface area contributed by atoms with Crippen molar-refractivity contribution in [3.63, 3.8) is 0 Å². The van der Waals surface area contributed by atoms with Crippen molar-refractivity contribution in [2.75, 3.05) is 4.72 Å². The number of rotatable bonds is 4. The molecule has 0 fully saturated rings. The Labute approximate surface area is 133 Å². The van der Waals surface area contributed by atoms with Crippen molar-refractivity contribution in [1.29, 1.82) is 0 Å². The quantitative estimate of drug-likeness (QED) is 0.770. The lowest BCUT2D eigenvalue weighted by Crippen LogP contribution is -2.12. The van der Waals surface area contributed by atoms with Gasteiger partial charge in [-0.3, -0.25) is 9.82 Å². The number of sulfonamides is 1. The number of anilines is 1. The molecule has 3 aromatic rings. The van der Waals surface area contributed by atoms with Gasteiger partial charge in [0.2, 0.25) is 0 Å². The third kappa shape index (κ3) is 3.40. The molecule has 0 aliphatic rings. The van der Waals surface area contributed by atoms with Gasteiger partial charge in [-0.1, -0.05) is 12.1 Å². The van der Waals surface area contributed by atoms with Crippen LogP contribution in [0.4, 0.5) is 10.1 Å². The van der Waals surface area contributed by atoms with Gasteiger partial charge in [-0.15, -0.1) is 0 Å². The zero-order valence-corrected chi connectivity index (χ0v) is 13.1. The van der Waals surface area contributed by atoms with Crippen molar-refractivity contribution in [2.24, 2.45) is 0 Å². The predicted molar refractivity (Wildman–Crippen MR) is 86.0 cm³/mol. The lowest BCUT2D eigenvalue weighted by Gasteiger charge is -2.08. The maximum absolute atomic E-state index is 12.9. The third-order valence-electron chi connectivity index (χ3n) is 3.26. The molecule has 7 heteroatoms. The number of hydrogen-bond donors (Lipinski definition) is 2. The first kappa shape index (κ1) is 15.2. The molecule has 1 heterocycles. The van der Waals surface area contributed by atoms with Crippen molar-refractivity contribution in [1.82, 2.24) is 10.2 Å². The van der Waals surface area contributed by atoms with Gasteiger partial charge in [0.05, 0.1) is 10.6 Å². The fraction of sp³-hybridized carbons (Fsp3) is 0.0625. The summed E-state index contributed by atoms with van der Waals surface area (Å²) in [6.45, 7) is 1.90. The summed E-state index contributed by atoms with van der Waals surface area (Å²) >= 11 is 0. The van der Waals surface area contributed by atoms with Gasteiger partial charge in [0.15, 0.2) is 0 Å². The molecular formula is C16H14FN3O2S. The zero-order valence-electron chi connectivity index (χ0n) is 12.2. The van der Waals surface area contributed by atoms with E-state index in [9.17, 15) is 12.8 Å². The lowest BCUT2D eigenvalue weighted by atomic mass is 10.1. The molecule has 3 rings (SSSR count). The van der Waals surface area contributed by atoms with Crippen LogP contribution < -0.4 is 4.72 Å². The Hall–Kier alpha value is -2.67. The summed E-state index contributed by atoms with van der Waals surface area (Å²) in [6.07, 6.45) is 0. The fourth-order valence-corrected chi connectivity index (χ4v) is 3.16. The molecule has 0 atom stereocenters. The van der Waals surface area contributed by atoms with E-state index in [-0.39, 0.29) is 4.90 Å². The van der Waals surface area contributed by atoms with E-state index in [0.29, 0.717) is 5.69 Å². The van der Waals surface area contributed by atoms with E-state index in [1.807, 2.05) is 13.0 Å². The number of nitrogens with one attached hydrogen (secondary N) is 2. The molecule has 0 aliphatic heterocycles.